The zero-order valence-electron chi connectivity index (χ0n) is 8.09. The topological polar surface area (TPSA) is 12.4 Å². The summed E-state index contributed by atoms with van der Waals surface area (Å²) in [5, 5.41) is 0. The molecular weight excluding hydrogens is 158 g/mol. The van der Waals surface area contributed by atoms with Crippen molar-refractivity contribution in [3.63, 3.8) is 0 Å². The molecule has 0 fully saturated rings. The van der Waals surface area contributed by atoms with Gasteiger partial charge in [0.15, 0.2) is 0 Å². The van der Waals surface area contributed by atoms with E-state index >= 15 is 0 Å². The molecule has 0 aromatic carbocycles. The Bertz CT molecular complexity index is 290. The number of hydrogen-bond donors (Lipinski definition) is 0. The summed E-state index contributed by atoms with van der Waals surface area (Å²) >= 11 is 0. The second-order valence-electron chi connectivity index (χ2n) is 2.58. The van der Waals surface area contributed by atoms with E-state index in [4.69, 9.17) is 0 Å². The van der Waals surface area contributed by atoms with Crippen LogP contribution in [0.15, 0.2) is 66.4 Å². The quantitative estimate of drug-likeness (QED) is 0.446. The highest BCUT2D eigenvalue weighted by Gasteiger charge is 1.92. The molecule has 68 valence electrons. The molecule has 0 amide bonds. The van der Waals surface area contributed by atoms with Crippen LogP contribution >= 0.6 is 0 Å². The van der Waals surface area contributed by atoms with E-state index in [1.807, 2.05) is 13.0 Å². The van der Waals surface area contributed by atoms with Crippen LogP contribution in [0.1, 0.15) is 6.92 Å². The van der Waals surface area contributed by atoms with Crippen LogP contribution in [0, 0.1) is 0 Å². The number of allylic oxidation sites excluding steroid dienone is 4. The molecule has 0 unspecified atom stereocenters. The Labute approximate surface area is 80.2 Å². The Kier molecular flexibility index (Phi) is 5.20. The van der Waals surface area contributed by atoms with Crippen LogP contribution in [0.3, 0.4) is 0 Å². The highest BCUT2D eigenvalue weighted by atomic mass is 14.7. The molecule has 0 aliphatic carbocycles. The standard InChI is InChI=1S/C12H15N/c1-6-8-13-12(5)11(4)9-10(3)7-2/h6-9H,1-2,4-5H2,3H3/b10-9-,13-8?. The molecule has 0 radical (unpaired) electrons. The van der Waals surface area contributed by atoms with Crippen LogP contribution < -0.4 is 0 Å². The van der Waals surface area contributed by atoms with Gasteiger partial charge in [-0.1, -0.05) is 50.1 Å². The van der Waals surface area contributed by atoms with Gasteiger partial charge in [0.25, 0.3) is 0 Å². The van der Waals surface area contributed by atoms with Crippen LogP contribution in [0.2, 0.25) is 0 Å². The van der Waals surface area contributed by atoms with Crippen molar-refractivity contribution in [3.8, 4) is 0 Å². The highest BCUT2D eigenvalue weighted by Crippen LogP contribution is 2.10. The van der Waals surface area contributed by atoms with E-state index in [-0.39, 0.29) is 0 Å². The van der Waals surface area contributed by atoms with Crippen molar-refractivity contribution in [2.24, 2.45) is 4.99 Å². The minimum absolute atomic E-state index is 0.640. The first-order valence-electron chi connectivity index (χ1n) is 3.95. The molecule has 1 nitrogen and oxygen atoms in total. The first-order valence-corrected chi connectivity index (χ1v) is 3.95. The highest BCUT2D eigenvalue weighted by molar-refractivity contribution is 5.72. The fraction of sp³-hybridized carbons (Fsp3) is 0.0833. The van der Waals surface area contributed by atoms with Gasteiger partial charge in [-0.05, 0) is 12.5 Å². The van der Waals surface area contributed by atoms with Crippen molar-refractivity contribution in [3.05, 3.63) is 61.4 Å². The van der Waals surface area contributed by atoms with Gasteiger partial charge in [0.05, 0.1) is 5.70 Å². The van der Waals surface area contributed by atoms with E-state index in [1.165, 1.54) is 0 Å². The minimum Gasteiger partial charge on any atom is -0.257 e. The molecule has 0 bridgehead atoms. The lowest BCUT2D eigenvalue weighted by Crippen LogP contribution is -1.80. The van der Waals surface area contributed by atoms with Crippen molar-refractivity contribution in [2.75, 3.05) is 0 Å². The Balaban J connectivity index is 4.44. The second kappa shape index (κ2) is 5.95. The molecule has 0 saturated heterocycles. The first kappa shape index (κ1) is 11.4. The normalized spacial score (nSPS) is 11.3. The summed E-state index contributed by atoms with van der Waals surface area (Å²) < 4.78 is 0. The number of aliphatic imine (C=N–C) groups is 1. The summed E-state index contributed by atoms with van der Waals surface area (Å²) in [6.45, 7) is 16.7. The average Bonchev–Trinajstić information content (AvgIpc) is 2.13. The Morgan fingerprint density at radius 3 is 2.31 bits per heavy atom. The lowest BCUT2D eigenvalue weighted by atomic mass is 10.1. The number of rotatable bonds is 5. The molecule has 13 heavy (non-hydrogen) atoms. The van der Waals surface area contributed by atoms with Crippen LogP contribution in [-0.2, 0) is 0 Å². The van der Waals surface area contributed by atoms with Gasteiger partial charge in [-0.3, -0.25) is 4.99 Å². The molecule has 0 aromatic rings. The van der Waals surface area contributed by atoms with E-state index in [0.717, 1.165) is 11.1 Å². The number of nitrogens with zero attached hydrogens (tertiary/aromatic N) is 1. The van der Waals surface area contributed by atoms with Gasteiger partial charge in [0.1, 0.15) is 0 Å². The molecule has 0 spiro atoms. The van der Waals surface area contributed by atoms with Gasteiger partial charge in [0.2, 0.25) is 0 Å². The zero-order chi connectivity index (χ0) is 10.3. The third kappa shape index (κ3) is 4.75. The maximum Gasteiger partial charge on any atom is 0.0624 e. The summed E-state index contributed by atoms with van der Waals surface area (Å²) in [5.74, 6) is 0. The van der Waals surface area contributed by atoms with E-state index in [1.54, 1.807) is 18.4 Å². The Morgan fingerprint density at radius 2 is 1.85 bits per heavy atom. The number of hydrogen-bond acceptors (Lipinski definition) is 1. The van der Waals surface area contributed by atoms with E-state index in [2.05, 4.69) is 31.3 Å². The van der Waals surface area contributed by atoms with Crippen LogP contribution in [0.5, 0.6) is 0 Å². The van der Waals surface area contributed by atoms with Crippen molar-refractivity contribution >= 4 is 6.21 Å². The fourth-order valence-electron chi connectivity index (χ4n) is 0.643. The van der Waals surface area contributed by atoms with Crippen molar-refractivity contribution in [1.29, 1.82) is 0 Å². The third-order valence-electron chi connectivity index (χ3n) is 1.43. The molecule has 0 N–H and O–H groups in total. The minimum atomic E-state index is 0.640. The molecule has 0 aliphatic heterocycles. The molecular formula is C12H15N. The van der Waals surface area contributed by atoms with Crippen molar-refractivity contribution in [2.45, 2.75) is 6.92 Å². The molecule has 1 heteroatoms. The largest absolute Gasteiger partial charge is 0.257 e. The van der Waals surface area contributed by atoms with Crippen LogP contribution in [0.25, 0.3) is 0 Å². The smallest absolute Gasteiger partial charge is 0.0624 e. The first-order chi connectivity index (χ1) is 6.11. The monoisotopic (exact) mass is 173 g/mol. The van der Waals surface area contributed by atoms with Gasteiger partial charge in [-0.2, -0.15) is 0 Å². The van der Waals surface area contributed by atoms with E-state index in [9.17, 15) is 0 Å². The maximum absolute atomic E-state index is 4.01. The lowest BCUT2D eigenvalue weighted by Gasteiger charge is -1.98. The Hall–Kier alpha value is -1.63. The van der Waals surface area contributed by atoms with Gasteiger partial charge in [0, 0.05) is 6.21 Å². The molecule has 0 saturated carbocycles. The SMILES string of the molecule is C=CC=NC(=C)C(=C)/C=C(/C)C=C. The predicted octanol–water partition coefficient (Wildman–Crippen LogP) is 3.45. The molecule has 0 aromatic heterocycles. The third-order valence-corrected chi connectivity index (χ3v) is 1.43. The molecule has 0 aliphatic rings. The predicted molar refractivity (Wildman–Crippen MR) is 60.9 cm³/mol. The molecule has 0 rings (SSSR count). The van der Waals surface area contributed by atoms with Gasteiger partial charge < -0.3 is 0 Å². The summed E-state index contributed by atoms with van der Waals surface area (Å²) in [5.41, 5.74) is 2.47. The summed E-state index contributed by atoms with van der Waals surface area (Å²) in [6, 6.07) is 0. The Morgan fingerprint density at radius 1 is 1.23 bits per heavy atom. The zero-order valence-corrected chi connectivity index (χ0v) is 8.09. The van der Waals surface area contributed by atoms with Crippen LogP contribution in [-0.4, -0.2) is 6.21 Å². The summed E-state index contributed by atoms with van der Waals surface area (Å²) in [6.07, 6.45) is 6.83. The van der Waals surface area contributed by atoms with Gasteiger partial charge in [-0.25, -0.2) is 0 Å². The van der Waals surface area contributed by atoms with Crippen molar-refractivity contribution in [1.82, 2.24) is 0 Å². The molecule has 0 atom stereocenters. The van der Waals surface area contributed by atoms with E-state index < -0.39 is 0 Å². The summed E-state index contributed by atoms with van der Waals surface area (Å²) in [4.78, 5) is 4.01. The van der Waals surface area contributed by atoms with Crippen molar-refractivity contribution < 1.29 is 0 Å². The van der Waals surface area contributed by atoms with Gasteiger partial charge >= 0.3 is 0 Å². The average molecular weight is 173 g/mol. The van der Waals surface area contributed by atoms with Crippen LogP contribution in [0.4, 0.5) is 0 Å². The molecule has 0 heterocycles. The maximum atomic E-state index is 4.01. The fourth-order valence-corrected chi connectivity index (χ4v) is 0.643. The van der Waals surface area contributed by atoms with Gasteiger partial charge in [-0.15, -0.1) is 0 Å². The van der Waals surface area contributed by atoms with E-state index in [0.29, 0.717) is 5.70 Å². The lowest BCUT2D eigenvalue weighted by molar-refractivity contribution is 1.37. The summed E-state index contributed by atoms with van der Waals surface area (Å²) in [7, 11) is 0. The second-order valence-corrected chi connectivity index (χ2v) is 2.58.